The Morgan fingerprint density at radius 2 is 1.85 bits per heavy atom. The fraction of sp³-hybridized carbons (Fsp3) is 0.235. The second-order valence-corrected chi connectivity index (χ2v) is 12.9. The van der Waals surface area contributed by atoms with E-state index in [1.807, 2.05) is 10.9 Å². The molecule has 1 fully saturated rings. The van der Waals surface area contributed by atoms with Gasteiger partial charge in [-0.1, -0.05) is 53.5 Å². The normalized spacial score (nSPS) is 18.4. The number of fused-ring (bicyclic) bond motifs is 2. The Hall–Kier alpha value is -4.58. The van der Waals surface area contributed by atoms with Crippen molar-refractivity contribution in [2.45, 2.75) is 36.8 Å². The highest BCUT2D eigenvalue weighted by Crippen LogP contribution is 2.47. The number of amides is 2. The van der Waals surface area contributed by atoms with Crippen LogP contribution < -0.4 is 15.8 Å². The third-order valence-corrected chi connectivity index (χ3v) is 9.40. The van der Waals surface area contributed by atoms with Crippen LogP contribution in [0.1, 0.15) is 53.0 Å². The molecule has 7 rings (SSSR count). The average Bonchev–Trinajstić information content (AvgIpc) is 3.72. The Bertz CT molecular complexity index is 2110. The van der Waals surface area contributed by atoms with Gasteiger partial charge in [-0.25, -0.2) is 13.8 Å². The van der Waals surface area contributed by atoms with E-state index >= 15 is 4.39 Å². The molecule has 0 bridgehead atoms. The fourth-order valence-corrected chi connectivity index (χ4v) is 6.25. The highest BCUT2D eigenvalue weighted by Gasteiger charge is 2.46. The van der Waals surface area contributed by atoms with Crippen molar-refractivity contribution < 1.29 is 28.2 Å². The molecule has 5 aromatic rings. The van der Waals surface area contributed by atoms with E-state index in [0.717, 1.165) is 18.9 Å². The molecule has 3 aromatic carbocycles. The highest BCUT2D eigenvalue weighted by molar-refractivity contribution is 6.35. The van der Waals surface area contributed by atoms with Crippen molar-refractivity contribution in [1.29, 1.82) is 0 Å². The first-order valence-electron chi connectivity index (χ1n) is 14.8. The maximum Gasteiger partial charge on any atom is 0.251 e. The van der Waals surface area contributed by atoms with Crippen LogP contribution in [0.4, 0.5) is 8.78 Å². The molecule has 47 heavy (non-hydrogen) atoms. The molecule has 240 valence electrons. The third kappa shape index (κ3) is 5.28. The van der Waals surface area contributed by atoms with Gasteiger partial charge in [0.05, 0.1) is 28.3 Å². The summed E-state index contributed by atoms with van der Waals surface area (Å²) in [5.41, 5.74) is 3.34. The molecule has 2 amide bonds. The molecular weight excluding hydrogens is 651 g/mol. The van der Waals surface area contributed by atoms with Gasteiger partial charge >= 0.3 is 0 Å². The Morgan fingerprint density at radius 1 is 1.11 bits per heavy atom. The number of hydrogen-bond donors (Lipinski definition) is 3. The van der Waals surface area contributed by atoms with Crippen LogP contribution in [0.3, 0.4) is 0 Å². The Morgan fingerprint density at radius 3 is 2.55 bits per heavy atom. The van der Waals surface area contributed by atoms with Crippen molar-refractivity contribution in [3.8, 4) is 17.0 Å². The summed E-state index contributed by atoms with van der Waals surface area (Å²) in [5.74, 6) is -3.21. The van der Waals surface area contributed by atoms with E-state index in [-0.39, 0.29) is 45.5 Å². The molecule has 13 heteroatoms. The van der Waals surface area contributed by atoms with Gasteiger partial charge in [0.2, 0.25) is 5.91 Å². The number of aliphatic hydroxyl groups is 1. The number of pyridine rings is 1. The first-order chi connectivity index (χ1) is 22.4. The van der Waals surface area contributed by atoms with Crippen molar-refractivity contribution in [3.05, 3.63) is 111 Å². The molecule has 0 saturated heterocycles. The van der Waals surface area contributed by atoms with E-state index in [1.165, 1.54) is 12.1 Å². The van der Waals surface area contributed by atoms with Crippen LogP contribution in [-0.4, -0.2) is 44.8 Å². The molecule has 9 nitrogen and oxygen atoms in total. The van der Waals surface area contributed by atoms with Gasteiger partial charge in [0.25, 0.3) is 5.91 Å². The minimum Gasteiger partial charge on any atom is -0.489 e. The number of nitrogens with one attached hydrogen (secondary N) is 1. The average molecular weight is 679 g/mol. The standard InChI is InChI=1S/C34H27Cl2F2N5O4/c1-33(32(39)45)16-47-30-22(33)12-27(41-29(30)21-11-23(35)26(38)13-25(21)37)34(46,19-5-3-2-4-6-19)15-40-31(44)17-9-18-14-43(20-7-8-20)42-28(18)24(36)10-17/h2-6,9-14,20,46H,7-8,15-16H2,1H3,(H2,39,45)(H,40,44)/t33-,34+/m0/s1. The van der Waals surface area contributed by atoms with Crippen LogP contribution in [0.25, 0.3) is 22.2 Å². The van der Waals surface area contributed by atoms with Gasteiger partial charge in [0.15, 0.2) is 0 Å². The molecule has 2 aromatic heterocycles. The third-order valence-electron chi connectivity index (χ3n) is 8.82. The van der Waals surface area contributed by atoms with Crippen LogP contribution in [0.15, 0.2) is 66.9 Å². The number of benzene rings is 3. The number of rotatable bonds is 8. The molecule has 1 saturated carbocycles. The number of aromatic nitrogens is 3. The molecule has 1 aliphatic heterocycles. The van der Waals surface area contributed by atoms with Gasteiger partial charge in [0, 0.05) is 34.3 Å². The van der Waals surface area contributed by atoms with E-state index < -0.39 is 41.0 Å². The highest BCUT2D eigenvalue weighted by atomic mass is 35.5. The molecule has 0 spiro atoms. The summed E-state index contributed by atoms with van der Waals surface area (Å²) in [5, 5.41) is 20.4. The van der Waals surface area contributed by atoms with E-state index in [1.54, 1.807) is 43.3 Å². The van der Waals surface area contributed by atoms with Crippen molar-refractivity contribution in [3.63, 3.8) is 0 Å². The Labute approximate surface area is 277 Å². The molecule has 2 aliphatic rings. The summed E-state index contributed by atoms with van der Waals surface area (Å²) < 4.78 is 37.2. The second kappa shape index (κ2) is 11.3. The van der Waals surface area contributed by atoms with Gasteiger partial charge in [-0.3, -0.25) is 14.3 Å². The molecular formula is C34H27Cl2F2N5O4. The van der Waals surface area contributed by atoms with E-state index in [9.17, 15) is 19.1 Å². The number of carbonyl (C=O) groups excluding carboxylic acids is 2. The van der Waals surface area contributed by atoms with Crippen LogP contribution in [0.2, 0.25) is 10.0 Å². The maximum absolute atomic E-state index is 15.3. The number of nitrogens with zero attached hydrogens (tertiary/aromatic N) is 3. The number of primary amides is 1. The smallest absolute Gasteiger partial charge is 0.251 e. The summed E-state index contributed by atoms with van der Waals surface area (Å²) in [7, 11) is 0. The van der Waals surface area contributed by atoms with Crippen molar-refractivity contribution in [1.82, 2.24) is 20.1 Å². The van der Waals surface area contributed by atoms with Gasteiger partial charge in [0.1, 0.15) is 46.2 Å². The van der Waals surface area contributed by atoms with Crippen molar-refractivity contribution >= 4 is 45.9 Å². The summed E-state index contributed by atoms with van der Waals surface area (Å²) >= 11 is 12.5. The lowest BCUT2D eigenvalue weighted by atomic mass is 9.80. The van der Waals surface area contributed by atoms with Crippen LogP contribution in [0, 0.1) is 11.6 Å². The zero-order chi connectivity index (χ0) is 33.2. The minimum atomic E-state index is -2.03. The molecule has 1 aliphatic carbocycles. The van der Waals surface area contributed by atoms with Crippen molar-refractivity contribution in [2.75, 3.05) is 13.2 Å². The predicted octanol–water partition coefficient (Wildman–Crippen LogP) is 5.82. The molecule has 3 heterocycles. The first kappa shape index (κ1) is 31.0. The molecule has 2 atom stereocenters. The number of carbonyl (C=O) groups is 2. The summed E-state index contributed by atoms with van der Waals surface area (Å²) in [4.78, 5) is 30.9. The van der Waals surface area contributed by atoms with Crippen LogP contribution in [0.5, 0.6) is 5.75 Å². The SMILES string of the molecule is C[C@]1(C(N)=O)COc2c1cc([C@@](O)(CNC(=O)c1cc(Cl)c3nn(C4CC4)cc3c1)c1ccccc1)nc2-c1cc(Cl)c(F)cc1F. The minimum absolute atomic E-state index is 0.0331. The summed E-state index contributed by atoms with van der Waals surface area (Å²) in [6.45, 7) is 0.962. The topological polar surface area (TPSA) is 132 Å². The zero-order valence-corrected chi connectivity index (χ0v) is 26.4. The quantitative estimate of drug-likeness (QED) is 0.177. The second-order valence-electron chi connectivity index (χ2n) is 12.1. The molecule has 0 radical (unpaired) electrons. The number of halogens is 4. The number of hydrogen-bond acceptors (Lipinski definition) is 6. The van der Waals surface area contributed by atoms with Gasteiger partial charge < -0.3 is 20.9 Å². The Kier molecular flexibility index (Phi) is 7.46. The lowest BCUT2D eigenvalue weighted by Gasteiger charge is -2.30. The van der Waals surface area contributed by atoms with Crippen molar-refractivity contribution in [2.24, 2.45) is 5.73 Å². The summed E-state index contributed by atoms with van der Waals surface area (Å²) in [6.07, 6.45) is 3.91. The number of ether oxygens (including phenoxy) is 1. The molecule has 4 N–H and O–H groups in total. The monoisotopic (exact) mass is 677 g/mol. The predicted molar refractivity (Wildman–Crippen MR) is 171 cm³/mol. The van der Waals surface area contributed by atoms with Gasteiger partial charge in [-0.15, -0.1) is 0 Å². The fourth-order valence-electron chi connectivity index (χ4n) is 5.82. The summed E-state index contributed by atoms with van der Waals surface area (Å²) in [6, 6.07) is 15.0. The lowest BCUT2D eigenvalue weighted by Crippen LogP contribution is -2.43. The van der Waals surface area contributed by atoms with Crippen LogP contribution >= 0.6 is 23.2 Å². The Balaban J connectivity index is 1.33. The van der Waals surface area contributed by atoms with E-state index in [4.69, 9.17) is 33.7 Å². The maximum atomic E-state index is 15.3. The zero-order valence-electron chi connectivity index (χ0n) is 24.9. The van der Waals surface area contributed by atoms with Gasteiger partial charge in [-0.05, 0) is 49.6 Å². The van der Waals surface area contributed by atoms with E-state index in [0.29, 0.717) is 33.6 Å². The largest absolute Gasteiger partial charge is 0.489 e. The van der Waals surface area contributed by atoms with Crippen LogP contribution in [-0.2, 0) is 15.8 Å². The first-order valence-corrected chi connectivity index (χ1v) is 15.5. The number of nitrogens with two attached hydrogens (primary N) is 1. The van der Waals surface area contributed by atoms with Gasteiger partial charge in [-0.2, -0.15) is 5.10 Å². The molecule has 0 unspecified atom stereocenters. The van der Waals surface area contributed by atoms with E-state index in [2.05, 4.69) is 15.4 Å². The lowest BCUT2D eigenvalue weighted by molar-refractivity contribution is -0.123.